The number of carbonyl (C=O) groups excluding carboxylic acids is 2. The lowest BCUT2D eigenvalue weighted by atomic mass is 9.76. The molecule has 2 aromatic rings. The molecule has 5 nitrogen and oxygen atoms in total. The highest BCUT2D eigenvalue weighted by Gasteiger charge is 2.43. The summed E-state index contributed by atoms with van der Waals surface area (Å²) in [5.74, 6) is -1.57. The van der Waals surface area contributed by atoms with E-state index in [-0.39, 0.29) is 29.5 Å². The highest BCUT2D eigenvalue weighted by Crippen LogP contribution is 2.47. The first-order valence-electron chi connectivity index (χ1n) is 10.2. The molecule has 1 aromatic carbocycles. The minimum Gasteiger partial charge on any atom is -0.463 e. The van der Waals surface area contributed by atoms with Crippen molar-refractivity contribution >= 4 is 28.8 Å². The zero-order valence-corrected chi connectivity index (χ0v) is 18.1. The fraction of sp³-hybridized carbons (Fsp3) is 0.304. The smallest absolute Gasteiger partial charge is 0.416 e. The van der Waals surface area contributed by atoms with E-state index in [4.69, 9.17) is 10.5 Å². The number of carbonyl (C=O) groups is 2. The van der Waals surface area contributed by atoms with Crippen LogP contribution in [0.3, 0.4) is 0 Å². The predicted octanol–water partition coefficient (Wildman–Crippen LogP) is 5.11. The number of Topliss-reactive ketones (excluding diaryl/α,β-unsaturated/α-hetero) is 1. The van der Waals surface area contributed by atoms with Gasteiger partial charge in [0.15, 0.2) is 5.78 Å². The lowest BCUT2D eigenvalue weighted by Gasteiger charge is -2.40. The van der Waals surface area contributed by atoms with Gasteiger partial charge in [0.1, 0.15) is 5.82 Å². The molecule has 1 atom stereocenters. The van der Waals surface area contributed by atoms with Crippen molar-refractivity contribution in [1.29, 1.82) is 0 Å². The normalized spacial score (nSPS) is 19.3. The van der Waals surface area contributed by atoms with Crippen LogP contribution in [0.5, 0.6) is 0 Å². The van der Waals surface area contributed by atoms with Crippen molar-refractivity contribution in [3.8, 4) is 0 Å². The Bertz CT molecular complexity index is 1120. The van der Waals surface area contributed by atoms with E-state index in [0.717, 1.165) is 17.7 Å². The lowest BCUT2D eigenvalue weighted by Crippen LogP contribution is -2.41. The van der Waals surface area contributed by atoms with E-state index in [0.29, 0.717) is 30.5 Å². The van der Waals surface area contributed by atoms with Crippen LogP contribution in [0, 0.1) is 0 Å². The summed E-state index contributed by atoms with van der Waals surface area (Å²) in [4.78, 5) is 27.5. The zero-order valence-electron chi connectivity index (χ0n) is 17.2. The molecule has 0 fully saturated rings. The number of thiophene rings is 1. The number of ether oxygens (including phenoxy) is 1. The van der Waals surface area contributed by atoms with Gasteiger partial charge in [-0.05, 0) is 60.4 Å². The fourth-order valence-electron chi connectivity index (χ4n) is 4.28. The molecule has 4 rings (SSSR count). The van der Waals surface area contributed by atoms with Gasteiger partial charge in [-0.2, -0.15) is 24.5 Å². The van der Waals surface area contributed by atoms with Crippen molar-refractivity contribution in [3.63, 3.8) is 0 Å². The van der Waals surface area contributed by atoms with Gasteiger partial charge in [-0.3, -0.25) is 9.69 Å². The number of hydrogen-bond acceptors (Lipinski definition) is 6. The van der Waals surface area contributed by atoms with Crippen LogP contribution in [0.1, 0.15) is 43.2 Å². The second kappa shape index (κ2) is 8.46. The summed E-state index contributed by atoms with van der Waals surface area (Å²) in [5, 5.41) is 3.67. The summed E-state index contributed by atoms with van der Waals surface area (Å²) in [6.07, 6.45) is -3.25. The number of hydrogen-bond donors (Lipinski definition) is 1. The Hall–Kier alpha value is -3.07. The number of rotatable bonds is 4. The van der Waals surface area contributed by atoms with E-state index >= 15 is 0 Å². The van der Waals surface area contributed by atoms with Crippen LogP contribution in [0.25, 0.3) is 0 Å². The van der Waals surface area contributed by atoms with Gasteiger partial charge >= 0.3 is 12.1 Å². The number of benzene rings is 1. The van der Waals surface area contributed by atoms with Crippen LogP contribution >= 0.6 is 11.3 Å². The van der Waals surface area contributed by atoms with Crippen LogP contribution in [0.4, 0.5) is 18.9 Å². The maximum Gasteiger partial charge on any atom is 0.416 e. The van der Waals surface area contributed by atoms with Crippen LogP contribution in [-0.2, 0) is 20.5 Å². The van der Waals surface area contributed by atoms with E-state index in [1.165, 1.54) is 28.4 Å². The SMILES string of the molecule is CCOC(=O)C1=C(N)N(c2cccc(C(F)(F)F)c2)C2=C(C(=O)CCC2)C1c1ccsc1. The number of anilines is 1. The maximum atomic E-state index is 13.4. The number of allylic oxidation sites excluding steroid dienone is 2. The van der Waals surface area contributed by atoms with Crippen LogP contribution < -0.4 is 10.6 Å². The molecule has 0 radical (unpaired) electrons. The molecule has 9 heteroatoms. The van der Waals surface area contributed by atoms with E-state index in [9.17, 15) is 22.8 Å². The molecule has 168 valence electrons. The minimum absolute atomic E-state index is 0.0209. The summed E-state index contributed by atoms with van der Waals surface area (Å²) in [5.41, 5.74) is 7.49. The van der Waals surface area contributed by atoms with Gasteiger partial charge in [0.25, 0.3) is 0 Å². The van der Waals surface area contributed by atoms with Crippen molar-refractivity contribution in [3.05, 3.63) is 74.9 Å². The van der Waals surface area contributed by atoms with Crippen LogP contribution in [-0.4, -0.2) is 18.4 Å². The Labute approximate surface area is 187 Å². The van der Waals surface area contributed by atoms with Crippen LogP contribution in [0.15, 0.2) is 63.8 Å². The summed E-state index contributed by atoms with van der Waals surface area (Å²) in [7, 11) is 0. The molecule has 0 saturated carbocycles. The van der Waals surface area contributed by atoms with Gasteiger partial charge in [-0.15, -0.1) is 0 Å². The first-order valence-corrected chi connectivity index (χ1v) is 11.1. The molecule has 1 aromatic heterocycles. The summed E-state index contributed by atoms with van der Waals surface area (Å²) in [6.45, 7) is 1.74. The largest absolute Gasteiger partial charge is 0.463 e. The highest BCUT2D eigenvalue weighted by atomic mass is 32.1. The standard InChI is InChI=1S/C23H21F3N2O3S/c1-2-31-22(30)20-18(13-9-10-32-12-13)19-16(7-4-8-17(19)29)28(21(20)27)15-6-3-5-14(11-15)23(24,25)26/h3,5-6,9-12,18H,2,4,7-8,27H2,1H3. The van der Waals surface area contributed by atoms with Gasteiger partial charge in [0.05, 0.1) is 23.7 Å². The number of esters is 1. The third-order valence-corrected chi connectivity index (χ3v) is 6.30. The molecule has 2 heterocycles. The van der Waals surface area contributed by atoms with E-state index in [2.05, 4.69) is 0 Å². The van der Waals surface area contributed by atoms with E-state index in [1.807, 2.05) is 16.8 Å². The molecule has 1 unspecified atom stereocenters. The van der Waals surface area contributed by atoms with E-state index in [1.54, 1.807) is 6.92 Å². The Balaban J connectivity index is 1.97. The van der Waals surface area contributed by atoms with Gasteiger partial charge in [-0.1, -0.05) is 6.07 Å². The Morgan fingerprint density at radius 3 is 2.72 bits per heavy atom. The molecule has 0 bridgehead atoms. The Morgan fingerprint density at radius 1 is 1.28 bits per heavy atom. The summed E-state index contributed by atoms with van der Waals surface area (Å²) in [6, 6.07) is 6.53. The Morgan fingerprint density at radius 2 is 2.06 bits per heavy atom. The fourth-order valence-corrected chi connectivity index (χ4v) is 4.97. The molecule has 2 N–H and O–H groups in total. The van der Waals surface area contributed by atoms with Crippen LogP contribution in [0.2, 0.25) is 0 Å². The number of halogens is 3. The summed E-state index contributed by atoms with van der Waals surface area (Å²) >= 11 is 1.42. The summed E-state index contributed by atoms with van der Waals surface area (Å²) < 4.78 is 45.4. The third kappa shape index (κ3) is 3.81. The molecule has 1 aliphatic heterocycles. The van der Waals surface area contributed by atoms with E-state index < -0.39 is 23.6 Å². The van der Waals surface area contributed by atoms with Crippen molar-refractivity contribution < 1.29 is 27.5 Å². The Kier molecular flexibility index (Phi) is 5.85. The third-order valence-electron chi connectivity index (χ3n) is 5.60. The van der Waals surface area contributed by atoms with Crippen molar-refractivity contribution in [2.24, 2.45) is 5.73 Å². The maximum absolute atomic E-state index is 13.4. The predicted molar refractivity (Wildman–Crippen MR) is 115 cm³/mol. The van der Waals surface area contributed by atoms with Gasteiger partial charge < -0.3 is 10.5 Å². The molecule has 0 spiro atoms. The monoisotopic (exact) mass is 462 g/mol. The zero-order chi connectivity index (χ0) is 23.0. The quantitative estimate of drug-likeness (QED) is 0.640. The topological polar surface area (TPSA) is 72.6 Å². The first kappa shape index (κ1) is 22.1. The van der Waals surface area contributed by atoms with Gasteiger partial charge in [0, 0.05) is 23.4 Å². The molecule has 0 amide bonds. The molecule has 0 saturated heterocycles. The average molecular weight is 462 g/mol. The minimum atomic E-state index is -4.55. The average Bonchev–Trinajstić information content (AvgIpc) is 3.27. The number of nitrogens with two attached hydrogens (primary N) is 1. The second-order valence-corrected chi connectivity index (χ2v) is 8.31. The first-order chi connectivity index (χ1) is 15.2. The molecular formula is C23H21F3N2O3S. The van der Waals surface area contributed by atoms with Gasteiger partial charge in [0.2, 0.25) is 0 Å². The van der Waals surface area contributed by atoms with Crippen molar-refractivity contribution in [1.82, 2.24) is 0 Å². The van der Waals surface area contributed by atoms with Crippen molar-refractivity contribution in [2.45, 2.75) is 38.3 Å². The molecule has 32 heavy (non-hydrogen) atoms. The number of ketones is 1. The number of nitrogens with zero attached hydrogens (tertiary/aromatic N) is 1. The highest BCUT2D eigenvalue weighted by molar-refractivity contribution is 7.08. The van der Waals surface area contributed by atoms with Crippen molar-refractivity contribution in [2.75, 3.05) is 11.5 Å². The molecular weight excluding hydrogens is 441 g/mol. The van der Waals surface area contributed by atoms with Gasteiger partial charge in [-0.25, -0.2) is 4.79 Å². The number of alkyl halides is 3. The lowest BCUT2D eigenvalue weighted by molar-refractivity contribution is -0.139. The molecule has 2 aliphatic rings. The second-order valence-electron chi connectivity index (χ2n) is 7.53. The molecule has 1 aliphatic carbocycles.